The van der Waals surface area contributed by atoms with Gasteiger partial charge in [-0.3, -0.25) is 0 Å². The van der Waals surface area contributed by atoms with E-state index in [9.17, 15) is 0 Å². The van der Waals surface area contributed by atoms with Gasteiger partial charge in [0, 0.05) is 4.47 Å². The maximum Gasteiger partial charge on any atom is 0.119 e. The molecule has 0 bridgehead atoms. The number of benzene rings is 2. The van der Waals surface area contributed by atoms with Crippen molar-refractivity contribution in [3.8, 4) is 16.9 Å². The predicted molar refractivity (Wildman–Crippen MR) is 117 cm³/mol. The quantitative estimate of drug-likeness (QED) is 0.297. The van der Waals surface area contributed by atoms with Crippen molar-refractivity contribution in [2.24, 2.45) is 0 Å². The Morgan fingerprint density at radius 1 is 0.615 bits per heavy atom. The van der Waals surface area contributed by atoms with Gasteiger partial charge in [0.15, 0.2) is 0 Å². The summed E-state index contributed by atoms with van der Waals surface area (Å²) in [6, 6.07) is 16.8. The van der Waals surface area contributed by atoms with Crippen LogP contribution in [0.15, 0.2) is 53.0 Å². The Kier molecular flexibility index (Phi) is 10.5. The number of hydrogen-bond donors (Lipinski definition) is 0. The van der Waals surface area contributed by atoms with Crippen LogP contribution < -0.4 is 4.74 Å². The van der Waals surface area contributed by atoms with E-state index in [0.717, 1.165) is 23.2 Å². The van der Waals surface area contributed by atoms with Crippen LogP contribution in [-0.2, 0) is 0 Å². The lowest BCUT2D eigenvalue weighted by molar-refractivity contribution is 0.304. The topological polar surface area (TPSA) is 9.23 Å². The summed E-state index contributed by atoms with van der Waals surface area (Å²) in [6.07, 6.45) is 13.6. The Balaban J connectivity index is 1.54. The van der Waals surface area contributed by atoms with Gasteiger partial charge < -0.3 is 4.74 Å². The molecule has 0 aromatic heterocycles. The van der Waals surface area contributed by atoms with Crippen molar-refractivity contribution in [2.45, 2.75) is 71.1 Å². The molecule has 0 fully saturated rings. The number of hydrogen-bond acceptors (Lipinski definition) is 1. The Labute approximate surface area is 168 Å². The molecule has 0 amide bonds. The smallest absolute Gasteiger partial charge is 0.119 e. The van der Waals surface area contributed by atoms with E-state index in [2.05, 4.69) is 71.4 Å². The third-order valence-corrected chi connectivity index (χ3v) is 5.33. The molecule has 0 N–H and O–H groups in total. The van der Waals surface area contributed by atoms with Crippen LogP contribution in [0.25, 0.3) is 11.1 Å². The van der Waals surface area contributed by atoms with Crippen LogP contribution in [0, 0.1) is 0 Å². The number of ether oxygens (including phenoxy) is 1. The van der Waals surface area contributed by atoms with Crippen molar-refractivity contribution >= 4 is 15.9 Å². The molecule has 0 aliphatic carbocycles. The van der Waals surface area contributed by atoms with Crippen molar-refractivity contribution in [1.82, 2.24) is 0 Å². The van der Waals surface area contributed by atoms with Gasteiger partial charge >= 0.3 is 0 Å². The molecule has 26 heavy (non-hydrogen) atoms. The number of halogens is 1. The minimum Gasteiger partial charge on any atom is -0.494 e. The molecular formula is C24H33BrO. The van der Waals surface area contributed by atoms with Crippen LogP contribution in [0.2, 0.25) is 0 Å². The highest BCUT2D eigenvalue weighted by Crippen LogP contribution is 2.24. The van der Waals surface area contributed by atoms with Crippen LogP contribution in [0.4, 0.5) is 0 Å². The average molecular weight is 417 g/mol. The number of rotatable bonds is 13. The first kappa shape index (κ1) is 21.0. The van der Waals surface area contributed by atoms with Crippen LogP contribution >= 0.6 is 15.9 Å². The molecule has 0 saturated carbocycles. The molecule has 2 heteroatoms. The van der Waals surface area contributed by atoms with E-state index in [0.29, 0.717) is 0 Å². The summed E-state index contributed by atoms with van der Waals surface area (Å²) >= 11 is 3.48. The zero-order chi connectivity index (χ0) is 18.5. The molecule has 0 heterocycles. The fraction of sp³-hybridized carbons (Fsp3) is 0.500. The van der Waals surface area contributed by atoms with E-state index >= 15 is 0 Å². The normalized spacial score (nSPS) is 10.8. The lowest BCUT2D eigenvalue weighted by atomic mass is 10.1. The first-order valence-corrected chi connectivity index (χ1v) is 11.1. The van der Waals surface area contributed by atoms with E-state index in [1.807, 2.05) is 0 Å². The fourth-order valence-corrected chi connectivity index (χ4v) is 3.43. The lowest BCUT2D eigenvalue weighted by Crippen LogP contribution is -1.97. The van der Waals surface area contributed by atoms with Crippen molar-refractivity contribution < 1.29 is 4.74 Å². The first-order valence-electron chi connectivity index (χ1n) is 10.3. The Hall–Kier alpha value is -1.28. The summed E-state index contributed by atoms with van der Waals surface area (Å²) in [5.74, 6) is 0.974. The third-order valence-electron chi connectivity index (χ3n) is 4.80. The molecule has 0 aliphatic rings. The van der Waals surface area contributed by atoms with Crippen LogP contribution in [0.1, 0.15) is 71.1 Å². The highest BCUT2D eigenvalue weighted by Gasteiger charge is 1.99. The molecule has 0 saturated heterocycles. The molecule has 0 radical (unpaired) electrons. The molecule has 2 aromatic rings. The van der Waals surface area contributed by atoms with Gasteiger partial charge in [0.1, 0.15) is 5.75 Å². The van der Waals surface area contributed by atoms with Gasteiger partial charge in [0.25, 0.3) is 0 Å². The summed E-state index contributed by atoms with van der Waals surface area (Å²) in [5, 5.41) is 0. The molecule has 0 spiro atoms. The highest BCUT2D eigenvalue weighted by molar-refractivity contribution is 9.10. The van der Waals surface area contributed by atoms with E-state index < -0.39 is 0 Å². The van der Waals surface area contributed by atoms with E-state index in [1.54, 1.807) is 0 Å². The average Bonchev–Trinajstić information content (AvgIpc) is 2.67. The van der Waals surface area contributed by atoms with Crippen molar-refractivity contribution in [3.63, 3.8) is 0 Å². The fourth-order valence-electron chi connectivity index (χ4n) is 3.17. The summed E-state index contributed by atoms with van der Waals surface area (Å²) in [6.45, 7) is 3.10. The Morgan fingerprint density at radius 2 is 1.08 bits per heavy atom. The van der Waals surface area contributed by atoms with Crippen molar-refractivity contribution in [1.29, 1.82) is 0 Å². The lowest BCUT2D eigenvalue weighted by Gasteiger charge is -2.08. The SMILES string of the molecule is CCCCCCCCCCCCOc1ccc(-c2ccc(Br)cc2)cc1. The summed E-state index contributed by atoms with van der Waals surface area (Å²) in [5.41, 5.74) is 2.46. The zero-order valence-corrected chi connectivity index (χ0v) is 17.8. The monoisotopic (exact) mass is 416 g/mol. The maximum absolute atomic E-state index is 5.88. The van der Waals surface area contributed by atoms with Gasteiger partial charge in [-0.2, -0.15) is 0 Å². The maximum atomic E-state index is 5.88. The molecule has 0 aliphatic heterocycles. The van der Waals surface area contributed by atoms with Gasteiger partial charge in [-0.05, 0) is 41.8 Å². The molecule has 2 rings (SSSR count). The second-order valence-electron chi connectivity index (χ2n) is 7.06. The van der Waals surface area contributed by atoms with Gasteiger partial charge in [0.05, 0.1) is 6.61 Å². The van der Waals surface area contributed by atoms with Crippen molar-refractivity contribution in [2.75, 3.05) is 6.61 Å². The summed E-state index contributed by atoms with van der Waals surface area (Å²) in [4.78, 5) is 0. The number of unbranched alkanes of at least 4 members (excludes halogenated alkanes) is 9. The molecule has 0 atom stereocenters. The minimum atomic E-state index is 0.828. The van der Waals surface area contributed by atoms with E-state index in [4.69, 9.17) is 4.74 Å². The minimum absolute atomic E-state index is 0.828. The standard InChI is InChI=1S/C24H33BrO/c1-2-3-4-5-6-7-8-9-10-11-20-26-24-18-14-22(15-19-24)21-12-16-23(25)17-13-21/h12-19H,2-11,20H2,1H3. The largest absolute Gasteiger partial charge is 0.494 e. The molecule has 2 aromatic carbocycles. The van der Waals surface area contributed by atoms with Crippen LogP contribution in [0.5, 0.6) is 5.75 Å². The summed E-state index contributed by atoms with van der Waals surface area (Å²) in [7, 11) is 0. The Morgan fingerprint density at radius 3 is 1.62 bits per heavy atom. The van der Waals surface area contributed by atoms with E-state index in [-0.39, 0.29) is 0 Å². The molecular weight excluding hydrogens is 384 g/mol. The van der Waals surface area contributed by atoms with Gasteiger partial charge in [-0.25, -0.2) is 0 Å². The highest BCUT2D eigenvalue weighted by atomic mass is 79.9. The second-order valence-corrected chi connectivity index (χ2v) is 7.98. The van der Waals surface area contributed by atoms with Gasteiger partial charge in [-0.15, -0.1) is 0 Å². The zero-order valence-electron chi connectivity index (χ0n) is 16.2. The first-order chi connectivity index (χ1) is 12.8. The molecule has 142 valence electrons. The Bertz CT molecular complexity index is 589. The van der Waals surface area contributed by atoms with Gasteiger partial charge in [-0.1, -0.05) is 105 Å². The van der Waals surface area contributed by atoms with Crippen LogP contribution in [-0.4, -0.2) is 6.61 Å². The molecule has 0 unspecified atom stereocenters. The van der Waals surface area contributed by atoms with Crippen LogP contribution in [0.3, 0.4) is 0 Å². The second kappa shape index (κ2) is 13.0. The summed E-state index contributed by atoms with van der Waals surface area (Å²) < 4.78 is 6.99. The van der Waals surface area contributed by atoms with Gasteiger partial charge in [0.2, 0.25) is 0 Å². The predicted octanol–water partition coefficient (Wildman–Crippen LogP) is 8.42. The van der Waals surface area contributed by atoms with E-state index in [1.165, 1.54) is 68.9 Å². The van der Waals surface area contributed by atoms with Crippen molar-refractivity contribution in [3.05, 3.63) is 53.0 Å². The molecule has 1 nitrogen and oxygen atoms in total. The third kappa shape index (κ3) is 8.40.